The molecule has 60 heavy (non-hydrogen) atoms. The summed E-state index contributed by atoms with van der Waals surface area (Å²) >= 11 is 0. The van der Waals surface area contributed by atoms with Gasteiger partial charge in [-0.1, -0.05) is 198 Å². The fourth-order valence-corrected chi connectivity index (χ4v) is 7.58. The maximum atomic E-state index is 12.7. The Bertz CT molecular complexity index is 1120. The van der Waals surface area contributed by atoms with Crippen LogP contribution in [0.5, 0.6) is 0 Å². The number of carbonyl (C=O) groups excluding carboxylic acids is 2. The summed E-state index contributed by atoms with van der Waals surface area (Å²) in [6, 6.07) is 0. The van der Waals surface area contributed by atoms with Gasteiger partial charge in [0.2, 0.25) is 0 Å². The molecule has 0 fully saturated rings. The molecule has 0 aliphatic heterocycles. The van der Waals surface area contributed by atoms with Crippen LogP contribution in [0.4, 0.5) is 0 Å². The van der Waals surface area contributed by atoms with Crippen LogP contribution in [-0.4, -0.2) is 70.0 Å². The molecule has 352 valence electrons. The number of nitrogens with zero attached hydrogens (tertiary/aromatic N) is 1. The molecule has 2 unspecified atom stereocenters. The molecule has 0 radical (unpaired) electrons. The lowest BCUT2D eigenvalue weighted by Gasteiger charge is -2.28. The average molecular weight is 868 g/mol. The molecule has 0 amide bonds. The lowest BCUT2D eigenvalue weighted by molar-refractivity contribution is -0.870. The van der Waals surface area contributed by atoms with Gasteiger partial charge in [0, 0.05) is 12.8 Å². The SMILES string of the molecule is CC/C=C\C/C=C\C/C=C\CCCCCC(=O)OC(COC(=O)CCCCCCCCCCCCCCCCCCCCCCCCC)COP(=O)([O-])OCC[N+](C)(C)C. The Labute approximate surface area is 370 Å². The summed E-state index contributed by atoms with van der Waals surface area (Å²) in [7, 11) is 1.15. The maximum Gasteiger partial charge on any atom is 0.306 e. The highest BCUT2D eigenvalue weighted by molar-refractivity contribution is 7.45. The van der Waals surface area contributed by atoms with Gasteiger partial charge < -0.3 is 27.9 Å². The molecule has 0 heterocycles. The quantitative estimate of drug-likeness (QED) is 0.0196. The molecule has 0 aliphatic rings. The van der Waals surface area contributed by atoms with Gasteiger partial charge in [0.1, 0.15) is 19.8 Å². The Morgan fingerprint density at radius 3 is 1.42 bits per heavy atom. The Morgan fingerprint density at radius 2 is 0.950 bits per heavy atom. The Hall–Kier alpha value is -1.77. The second-order valence-corrected chi connectivity index (χ2v) is 19.2. The van der Waals surface area contributed by atoms with Gasteiger partial charge in [-0.25, -0.2) is 0 Å². The van der Waals surface area contributed by atoms with E-state index < -0.39 is 26.5 Å². The number of hydrogen-bond donors (Lipinski definition) is 0. The molecule has 0 bridgehead atoms. The van der Waals surface area contributed by atoms with Crippen molar-refractivity contribution in [2.24, 2.45) is 0 Å². The second kappa shape index (κ2) is 42.5. The predicted octanol–water partition coefficient (Wildman–Crippen LogP) is 13.8. The molecule has 2 atom stereocenters. The van der Waals surface area contributed by atoms with Crippen molar-refractivity contribution in [3.63, 3.8) is 0 Å². The van der Waals surface area contributed by atoms with Crippen LogP contribution in [0.3, 0.4) is 0 Å². The largest absolute Gasteiger partial charge is 0.756 e. The van der Waals surface area contributed by atoms with E-state index in [0.29, 0.717) is 17.4 Å². The zero-order valence-corrected chi connectivity index (χ0v) is 40.6. The van der Waals surface area contributed by atoms with Crippen LogP contribution in [0.25, 0.3) is 0 Å². The molecule has 10 heteroatoms. The number of quaternary nitrogens is 1. The van der Waals surface area contributed by atoms with E-state index >= 15 is 0 Å². The van der Waals surface area contributed by atoms with Crippen LogP contribution < -0.4 is 4.89 Å². The first-order chi connectivity index (χ1) is 29.0. The van der Waals surface area contributed by atoms with E-state index in [9.17, 15) is 19.0 Å². The van der Waals surface area contributed by atoms with E-state index in [2.05, 4.69) is 50.3 Å². The number of ether oxygens (including phenoxy) is 2. The van der Waals surface area contributed by atoms with Gasteiger partial charge >= 0.3 is 11.9 Å². The lowest BCUT2D eigenvalue weighted by atomic mass is 10.0. The number of hydrogen-bond acceptors (Lipinski definition) is 8. The average Bonchev–Trinajstić information content (AvgIpc) is 3.20. The van der Waals surface area contributed by atoms with Gasteiger partial charge in [0.05, 0.1) is 27.7 Å². The van der Waals surface area contributed by atoms with Crippen molar-refractivity contribution in [2.75, 3.05) is 47.5 Å². The van der Waals surface area contributed by atoms with Crippen molar-refractivity contribution in [1.82, 2.24) is 0 Å². The van der Waals surface area contributed by atoms with Crippen molar-refractivity contribution < 1.29 is 42.1 Å². The van der Waals surface area contributed by atoms with Crippen molar-refractivity contribution in [3.05, 3.63) is 36.5 Å². The van der Waals surface area contributed by atoms with Crippen LogP contribution in [0, 0.1) is 0 Å². The highest BCUT2D eigenvalue weighted by atomic mass is 31.2. The zero-order chi connectivity index (χ0) is 44.3. The van der Waals surface area contributed by atoms with E-state index in [0.717, 1.165) is 57.8 Å². The predicted molar refractivity (Wildman–Crippen MR) is 250 cm³/mol. The molecule has 9 nitrogen and oxygen atoms in total. The van der Waals surface area contributed by atoms with Gasteiger partial charge in [-0.3, -0.25) is 14.2 Å². The Kier molecular flexibility index (Phi) is 41.3. The number of phosphoric acid groups is 1. The number of unbranched alkanes of at least 4 members (excludes halogenated alkanes) is 25. The van der Waals surface area contributed by atoms with Crippen LogP contribution in [0.2, 0.25) is 0 Å². The van der Waals surface area contributed by atoms with Crippen molar-refractivity contribution in [2.45, 2.75) is 225 Å². The summed E-state index contributed by atoms with van der Waals surface area (Å²) in [6.45, 7) is 4.10. The highest BCUT2D eigenvalue weighted by Gasteiger charge is 2.21. The molecule has 0 saturated carbocycles. The van der Waals surface area contributed by atoms with E-state index in [1.54, 1.807) is 0 Å². The minimum absolute atomic E-state index is 0.0359. The third-order valence-corrected chi connectivity index (χ3v) is 11.6. The third-order valence-electron chi connectivity index (χ3n) is 10.7. The van der Waals surface area contributed by atoms with Crippen molar-refractivity contribution >= 4 is 19.8 Å². The van der Waals surface area contributed by atoms with Crippen molar-refractivity contribution in [3.8, 4) is 0 Å². The zero-order valence-electron chi connectivity index (χ0n) is 39.7. The normalized spacial score (nSPS) is 13.8. The molecule has 0 aromatic rings. The summed E-state index contributed by atoms with van der Waals surface area (Å²) < 4.78 is 33.9. The second-order valence-electron chi connectivity index (χ2n) is 17.8. The van der Waals surface area contributed by atoms with Crippen LogP contribution in [0.15, 0.2) is 36.5 Å². The van der Waals surface area contributed by atoms with Crippen molar-refractivity contribution in [1.29, 1.82) is 0 Å². The van der Waals surface area contributed by atoms with E-state index in [1.165, 1.54) is 128 Å². The number of likely N-dealkylation sites (N-methyl/N-ethyl adjacent to an activating group) is 1. The minimum Gasteiger partial charge on any atom is -0.756 e. The summed E-state index contributed by atoms with van der Waals surface area (Å²) in [6.07, 6.45) is 49.1. The molecule has 0 spiro atoms. The smallest absolute Gasteiger partial charge is 0.306 e. The summed E-state index contributed by atoms with van der Waals surface area (Å²) in [5.41, 5.74) is 0. The monoisotopic (exact) mass is 868 g/mol. The lowest BCUT2D eigenvalue weighted by Crippen LogP contribution is -2.37. The molecule has 0 saturated heterocycles. The maximum absolute atomic E-state index is 12.7. The van der Waals surface area contributed by atoms with Crippen LogP contribution >= 0.6 is 7.82 Å². The number of carbonyl (C=O) groups is 2. The fourth-order valence-electron chi connectivity index (χ4n) is 6.85. The summed E-state index contributed by atoms with van der Waals surface area (Å²) in [5.74, 6) is -0.861. The topological polar surface area (TPSA) is 111 Å². The molecular weight excluding hydrogens is 774 g/mol. The third kappa shape index (κ3) is 45.7. The number of allylic oxidation sites excluding steroid dienone is 6. The van der Waals surface area contributed by atoms with Crippen LogP contribution in [0.1, 0.15) is 219 Å². The first-order valence-corrected chi connectivity index (χ1v) is 26.2. The van der Waals surface area contributed by atoms with Gasteiger partial charge in [-0.15, -0.1) is 0 Å². The van der Waals surface area contributed by atoms with E-state index in [-0.39, 0.29) is 32.0 Å². The molecule has 0 N–H and O–H groups in total. The molecule has 0 aromatic heterocycles. The summed E-state index contributed by atoms with van der Waals surface area (Å²) in [4.78, 5) is 37.6. The number of esters is 2. The minimum atomic E-state index is -4.63. The standard InChI is InChI=1S/C50H94NO8P/c1-6-8-10-12-14-16-18-20-21-22-23-24-25-26-27-28-29-31-32-34-36-38-40-42-49(52)56-46-48(47-58-60(54,55)57-45-44-51(3,4)5)59-50(53)43-41-39-37-35-33-30-19-17-15-13-11-9-7-2/h9,11,15,17,30,33,48H,6-8,10,12-14,16,18-29,31-32,34-47H2,1-5H3/b11-9-,17-15-,33-30-. The fraction of sp³-hybridized carbons (Fsp3) is 0.840. The molecular formula is C50H94NO8P. The highest BCUT2D eigenvalue weighted by Crippen LogP contribution is 2.38. The van der Waals surface area contributed by atoms with Gasteiger partial charge in [0.15, 0.2) is 6.10 Å². The van der Waals surface area contributed by atoms with Gasteiger partial charge in [0.25, 0.3) is 7.82 Å². The number of phosphoric ester groups is 1. The van der Waals surface area contributed by atoms with Crippen LogP contribution in [-0.2, 0) is 32.7 Å². The summed E-state index contributed by atoms with van der Waals surface area (Å²) in [5, 5.41) is 0. The van der Waals surface area contributed by atoms with Gasteiger partial charge in [-0.05, 0) is 44.9 Å². The molecule has 0 aromatic carbocycles. The molecule has 0 rings (SSSR count). The number of rotatable bonds is 45. The molecule has 0 aliphatic carbocycles. The van der Waals surface area contributed by atoms with E-state index in [4.69, 9.17) is 18.5 Å². The Morgan fingerprint density at radius 1 is 0.533 bits per heavy atom. The first kappa shape index (κ1) is 58.2. The Balaban J connectivity index is 4.18. The first-order valence-electron chi connectivity index (χ1n) is 24.7. The van der Waals surface area contributed by atoms with E-state index in [1.807, 2.05) is 21.1 Å². The van der Waals surface area contributed by atoms with Gasteiger partial charge in [-0.2, -0.15) is 0 Å².